The van der Waals surface area contributed by atoms with Crippen molar-refractivity contribution in [3.05, 3.63) is 54.1 Å². The maximum atomic E-state index is 12.1. The molecule has 2 N–H and O–H groups in total. The highest BCUT2D eigenvalue weighted by Crippen LogP contribution is 2.28. The lowest BCUT2D eigenvalue weighted by atomic mass is 10.2. The third-order valence-corrected chi connectivity index (χ3v) is 3.67. The first-order valence-electron chi connectivity index (χ1n) is 9.02. The number of benzene rings is 2. The van der Waals surface area contributed by atoms with Crippen LogP contribution in [0.25, 0.3) is 6.08 Å². The fourth-order valence-corrected chi connectivity index (χ4v) is 2.40. The minimum absolute atomic E-state index is 0.261. The summed E-state index contributed by atoms with van der Waals surface area (Å²) >= 11 is 0. The molecule has 8 nitrogen and oxygen atoms in total. The topological polar surface area (TPSA) is 103 Å². The molecule has 0 unspecified atom stereocenters. The lowest BCUT2D eigenvalue weighted by Crippen LogP contribution is -2.20. The third kappa shape index (κ3) is 8.38. The number of anilines is 2. The predicted octanol–water partition coefficient (Wildman–Crippen LogP) is 3.75. The zero-order chi connectivity index (χ0) is 23.7. The fourth-order valence-electron chi connectivity index (χ4n) is 2.40. The summed E-state index contributed by atoms with van der Waals surface area (Å²) in [6.07, 6.45) is -2.47. The SMILES string of the molecule is COc1ccc(NC(C)=O)cc1NC(=O)COC(=O)/C=C/c1ccc(OC(F)(F)F)cc1. The first kappa shape index (κ1) is 24.3. The summed E-state index contributed by atoms with van der Waals surface area (Å²) in [6, 6.07) is 9.41. The van der Waals surface area contributed by atoms with Crippen molar-refractivity contribution in [3.63, 3.8) is 0 Å². The number of halogens is 3. The van der Waals surface area contributed by atoms with Crippen LogP contribution in [0.5, 0.6) is 11.5 Å². The number of esters is 1. The molecular formula is C21H19F3N2O6. The molecule has 0 aliphatic rings. The minimum Gasteiger partial charge on any atom is -0.495 e. The zero-order valence-corrected chi connectivity index (χ0v) is 17.0. The summed E-state index contributed by atoms with van der Waals surface area (Å²) in [6.45, 7) is 0.731. The average molecular weight is 452 g/mol. The standard InChI is InChI=1S/C21H19F3N2O6/c1-13(27)25-15-6-9-18(30-2)17(11-15)26-19(28)12-31-20(29)10-5-14-3-7-16(8-4-14)32-21(22,23)24/h3-11H,12H2,1-2H3,(H,25,27)(H,26,28)/b10-5+. The third-order valence-electron chi connectivity index (χ3n) is 3.67. The van der Waals surface area contributed by atoms with Crippen molar-refractivity contribution in [3.8, 4) is 11.5 Å². The quantitative estimate of drug-likeness (QED) is 0.467. The van der Waals surface area contributed by atoms with E-state index in [9.17, 15) is 27.6 Å². The minimum atomic E-state index is -4.79. The molecule has 0 spiro atoms. The van der Waals surface area contributed by atoms with E-state index in [0.717, 1.165) is 18.2 Å². The summed E-state index contributed by atoms with van der Waals surface area (Å²) in [5.41, 5.74) is 1.11. The van der Waals surface area contributed by atoms with Gasteiger partial charge in [0.25, 0.3) is 5.91 Å². The molecule has 170 valence electrons. The van der Waals surface area contributed by atoms with Crippen molar-refractivity contribution in [2.24, 2.45) is 0 Å². The van der Waals surface area contributed by atoms with Crippen molar-refractivity contribution in [1.29, 1.82) is 0 Å². The molecule has 32 heavy (non-hydrogen) atoms. The Labute approximate surface area is 181 Å². The van der Waals surface area contributed by atoms with Crippen LogP contribution >= 0.6 is 0 Å². The molecule has 0 aromatic heterocycles. The molecule has 0 radical (unpaired) electrons. The number of hydrogen-bond donors (Lipinski definition) is 2. The van der Waals surface area contributed by atoms with Crippen LogP contribution < -0.4 is 20.1 Å². The Bertz CT molecular complexity index is 1000. The molecular weight excluding hydrogens is 433 g/mol. The second kappa shape index (κ2) is 10.8. The number of nitrogens with one attached hydrogen (secondary N) is 2. The lowest BCUT2D eigenvalue weighted by molar-refractivity contribution is -0.274. The number of carbonyl (C=O) groups excluding carboxylic acids is 3. The number of methoxy groups -OCH3 is 1. The highest BCUT2D eigenvalue weighted by atomic mass is 19.4. The summed E-state index contributed by atoms with van der Waals surface area (Å²) in [5, 5.41) is 5.07. The van der Waals surface area contributed by atoms with E-state index in [-0.39, 0.29) is 11.6 Å². The van der Waals surface area contributed by atoms with Crippen molar-refractivity contribution >= 4 is 35.2 Å². The van der Waals surface area contributed by atoms with E-state index in [0.29, 0.717) is 17.0 Å². The summed E-state index contributed by atoms with van der Waals surface area (Å²) < 4.78 is 50.1. The second-order valence-electron chi connectivity index (χ2n) is 6.20. The monoisotopic (exact) mass is 452 g/mol. The summed E-state index contributed by atoms with van der Waals surface area (Å²) in [4.78, 5) is 35.0. The predicted molar refractivity (Wildman–Crippen MR) is 109 cm³/mol. The molecule has 0 saturated carbocycles. The maximum absolute atomic E-state index is 12.1. The van der Waals surface area contributed by atoms with Gasteiger partial charge in [0.15, 0.2) is 6.61 Å². The van der Waals surface area contributed by atoms with Gasteiger partial charge >= 0.3 is 12.3 Å². The van der Waals surface area contributed by atoms with Crippen LogP contribution in [-0.4, -0.2) is 37.9 Å². The van der Waals surface area contributed by atoms with Crippen LogP contribution in [0.3, 0.4) is 0 Å². The van der Waals surface area contributed by atoms with Gasteiger partial charge in [-0.3, -0.25) is 9.59 Å². The first-order chi connectivity index (χ1) is 15.1. The number of alkyl halides is 3. The van der Waals surface area contributed by atoms with Crippen molar-refractivity contribution < 1.29 is 41.8 Å². The first-order valence-corrected chi connectivity index (χ1v) is 9.02. The Morgan fingerprint density at radius 1 is 1.03 bits per heavy atom. The Balaban J connectivity index is 1.89. The van der Waals surface area contributed by atoms with Gasteiger partial charge in [-0.2, -0.15) is 0 Å². The van der Waals surface area contributed by atoms with Crippen LogP contribution in [0, 0.1) is 0 Å². The fraction of sp³-hybridized carbons (Fsp3) is 0.190. The highest BCUT2D eigenvalue weighted by molar-refractivity contribution is 5.97. The van der Waals surface area contributed by atoms with E-state index in [2.05, 4.69) is 15.4 Å². The molecule has 11 heteroatoms. The van der Waals surface area contributed by atoms with E-state index in [1.54, 1.807) is 12.1 Å². The Morgan fingerprint density at radius 3 is 2.31 bits per heavy atom. The average Bonchev–Trinajstić information content (AvgIpc) is 2.70. The Kier molecular flexibility index (Phi) is 8.22. The normalized spacial score (nSPS) is 11.0. The van der Waals surface area contributed by atoms with Crippen LogP contribution in [0.2, 0.25) is 0 Å². The number of carbonyl (C=O) groups is 3. The Hall–Kier alpha value is -4.02. The van der Waals surface area contributed by atoms with Gasteiger partial charge in [0.1, 0.15) is 11.5 Å². The van der Waals surface area contributed by atoms with Gasteiger partial charge in [-0.05, 0) is 42.0 Å². The van der Waals surface area contributed by atoms with Gasteiger partial charge in [0.05, 0.1) is 12.8 Å². The van der Waals surface area contributed by atoms with Crippen molar-refractivity contribution in [2.45, 2.75) is 13.3 Å². The maximum Gasteiger partial charge on any atom is 0.573 e. The summed E-state index contributed by atoms with van der Waals surface area (Å²) in [7, 11) is 1.40. The van der Waals surface area contributed by atoms with Gasteiger partial charge in [-0.1, -0.05) is 12.1 Å². The second-order valence-corrected chi connectivity index (χ2v) is 6.20. The molecule has 0 bridgehead atoms. The zero-order valence-electron chi connectivity index (χ0n) is 17.0. The van der Waals surface area contributed by atoms with E-state index in [4.69, 9.17) is 9.47 Å². The van der Waals surface area contributed by atoms with Gasteiger partial charge in [0, 0.05) is 18.7 Å². The highest BCUT2D eigenvalue weighted by Gasteiger charge is 2.30. The van der Waals surface area contributed by atoms with Crippen LogP contribution in [-0.2, 0) is 19.1 Å². The van der Waals surface area contributed by atoms with Crippen molar-refractivity contribution in [2.75, 3.05) is 24.4 Å². The number of amides is 2. The molecule has 0 saturated heterocycles. The molecule has 0 heterocycles. The molecule has 0 aliphatic carbocycles. The molecule has 2 rings (SSSR count). The smallest absolute Gasteiger partial charge is 0.495 e. The lowest BCUT2D eigenvalue weighted by Gasteiger charge is -2.12. The molecule has 0 atom stereocenters. The van der Waals surface area contributed by atoms with Gasteiger partial charge in [-0.25, -0.2) is 4.79 Å². The van der Waals surface area contributed by atoms with E-state index >= 15 is 0 Å². The Morgan fingerprint density at radius 2 is 1.72 bits per heavy atom. The van der Waals surface area contributed by atoms with E-state index in [1.165, 1.54) is 38.3 Å². The van der Waals surface area contributed by atoms with Crippen LogP contribution in [0.15, 0.2) is 48.5 Å². The van der Waals surface area contributed by atoms with E-state index < -0.39 is 30.6 Å². The van der Waals surface area contributed by atoms with Crippen LogP contribution in [0.1, 0.15) is 12.5 Å². The van der Waals surface area contributed by atoms with E-state index in [1.807, 2.05) is 0 Å². The number of hydrogen-bond acceptors (Lipinski definition) is 6. The molecule has 2 amide bonds. The molecule has 0 aliphatic heterocycles. The molecule has 2 aromatic rings. The van der Waals surface area contributed by atoms with Gasteiger partial charge < -0.3 is 24.8 Å². The summed E-state index contributed by atoms with van der Waals surface area (Å²) in [5.74, 6) is -1.85. The number of rotatable bonds is 8. The molecule has 2 aromatic carbocycles. The molecule has 0 fully saturated rings. The van der Waals surface area contributed by atoms with Gasteiger partial charge in [0.2, 0.25) is 5.91 Å². The number of ether oxygens (including phenoxy) is 3. The van der Waals surface area contributed by atoms with Crippen LogP contribution in [0.4, 0.5) is 24.5 Å². The van der Waals surface area contributed by atoms with Gasteiger partial charge in [-0.15, -0.1) is 13.2 Å². The van der Waals surface area contributed by atoms with Crippen molar-refractivity contribution in [1.82, 2.24) is 0 Å². The largest absolute Gasteiger partial charge is 0.573 e.